The summed E-state index contributed by atoms with van der Waals surface area (Å²) >= 11 is 0. The summed E-state index contributed by atoms with van der Waals surface area (Å²) in [5.41, 5.74) is 1.55. The molecule has 0 spiro atoms. The Morgan fingerprint density at radius 3 is 2.90 bits per heavy atom. The van der Waals surface area contributed by atoms with Crippen LogP contribution in [0.15, 0.2) is 42.5 Å². The predicted octanol–water partition coefficient (Wildman–Crippen LogP) is 3.57. The lowest BCUT2D eigenvalue weighted by molar-refractivity contribution is 0.111. The van der Waals surface area contributed by atoms with E-state index < -0.39 is 0 Å². The molecule has 2 aliphatic rings. The van der Waals surface area contributed by atoms with Gasteiger partial charge in [-0.15, -0.1) is 0 Å². The molecule has 4 rings (SSSR count). The molecule has 1 amide bonds. The first-order valence-electron chi connectivity index (χ1n) is 7.64. The number of rotatable bonds is 2. The fraction of sp³-hybridized carbons (Fsp3) is 0.389. The predicted molar refractivity (Wildman–Crippen MR) is 82.3 cm³/mol. The minimum absolute atomic E-state index is 0.162. The van der Waals surface area contributed by atoms with E-state index in [9.17, 15) is 4.79 Å². The van der Waals surface area contributed by atoms with Crippen LogP contribution < -0.4 is 0 Å². The van der Waals surface area contributed by atoms with Crippen molar-refractivity contribution in [2.45, 2.75) is 18.8 Å². The third-order valence-corrected chi connectivity index (χ3v) is 5.00. The standard InChI is InChI=1S/C18H19NO2/c1-2-21-17(20)19-11-16-10-18(16,12-19)15-8-7-13-5-3-4-6-14(13)9-15/h3-9,16H,2,10-12H2,1H3/t16-,18+/m1/s1. The smallest absolute Gasteiger partial charge is 0.409 e. The molecule has 3 nitrogen and oxygen atoms in total. The molecule has 2 fully saturated rings. The van der Waals surface area contributed by atoms with Gasteiger partial charge in [0.25, 0.3) is 0 Å². The van der Waals surface area contributed by atoms with E-state index >= 15 is 0 Å². The van der Waals surface area contributed by atoms with E-state index in [0.717, 1.165) is 13.1 Å². The second-order valence-electron chi connectivity index (χ2n) is 6.20. The summed E-state index contributed by atoms with van der Waals surface area (Å²) in [5, 5.41) is 2.56. The Morgan fingerprint density at radius 1 is 1.29 bits per heavy atom. The van der Waals surface area contributed by atoms with Gasteiger partial charge in [0.15, 0.2) is 0 Å². The molecule has 1 aliphatic heterocycles. The monoisotopic (exact) mass is 281 g/mol. The van der Waals surface area contributed by atoms with Gasteiger partial charge in [-0.25, -0.2) is 4.79 Å². The third-order valence-electron chi connectivity index (χ3n) is 5.00. The Kier molecular flexibility index (Phi) is 2.71. The summed E-state index contributed by atoms with van der Waals surface area (Å²) in [6, 6.07) is 15.2. The van der Waals surface area contributed by atoms with E-state index in [1.54, 1.807) is 0 Å². The van der Waals surface area contributed by atoms with Crippen LogP contribution in [0.4, 0.5) is 4.79 Å². The second kappa shape index (κ2) is 4.48. The van der Waals surface area contributed by atoms with Crippen molar-refractivity contribution < 1.29 is 9.53 Å². The molecule has 21 heavy (non-hydrogen) atoms. The Bertz CT molecular complexity index is 711. The number of ether oxygens (including phenoxy) is 1. The molecule has 1 saturated heterocycles. The summed E-state index contributed by atoms with van der Waals surface area (Å²) in [5.74, 6) is 0.600. The van der Waals surface area contributed by atoms with E-state index in [1.807, 2.05) is 11.8 Å². The van der Waals surface area contributed by atoms with Gasteiger partial charge in [-0.1, -0.05) is 42.5 Å². The highest BCUT2D eigenvalue weighted by molar-refractivity contribution is 5.83. The molecule has 2 aromatic carbocycles. The van der Waals surface area contributed by atoms with Crippen molar-refractivity contribution >= 4 is 16.9 Å². The number of likely N-dealkylation sites (tertiary alicyclic amines) is 1. The summed E-state index contributed by atoms with van der Waals surface area (Å²) in [6.45, 7) is 3.94. The molecule has 3 heteroatoms. The zero-order valence-electron chi connectivity index (χ0n) is 12.2. The minimum atomic E-state index is -0.162. The molecule has 0 radical (unpaired) electrons. The normalized spacial score (nSPS) is 26.7. The van der Waals surface area contributed by atoms with Gasteiger partial charge in [0.2, 0.25) is 0 Å². The average Bonchev–Trinajstić information content (AvgIpc) is 3.09. The van der Waals surface area contributed by atoms with Crippen LogP contribution in [-0.2, 0) is 10.2 Å². The maximum absolute atomic E-state index is 11.9. The van der Waals surface area contributed by atoms with Crippen molar-refractivity contribution in [3.05, 3.63) is 48.0 Å². The van der Waals surface area contributed by atoms with Gasteiger partial charge in [-0.05, 0) is 35.6 Å². The van der Waals surface area contributed by atoms with Gasteiger partial charge < -0.3 is 9.64 Å². The third kappa shape index (κ3) is 1.91. The van der Waals surface area contributed by atoms with E-state index in [1.165, 1.54) is 22.8 Å². The van der Waals surface area contributed by atoms with Gasteiger partial charge in [-0.2, -0.15) is 0 Å². The highest BCUT2D eigenvalue weighted by atomic mass is 16.6. The highest BCUT2D eigenvalue weighted by Crippen LogP contribution is 2.59. The number of hydrogen-bond donors (Lipinski definition) is 0. The Hall–Kier alpha value is -2.03. The van der Waals surface area contributed by atoms with Crippen LogP contribution >= 0.6 is 0 Å². The molecule has 0 unspecified atom stereocenters. The summed E-state index contributed by atoms with van der Waals surface area (Å²) in [4.78, 5) is 13.8. The molecular weight excluding hydrogens is 262 g/mol. The van der Waals surface area contributed by atoms with E-state index in [2.05, 4.69) is 42.5 Å². The number of amides is 1. The summed E-state index contributed by atoms with van der Waals surface area (Å²) in [7, 11) is 0. The van der Waals surface area contributed by atoms with Gasteiger partial charge in [-0.3, -0.25) is 0 Å². The number of carbonyl (C=O) groups excluding carboxylic acids is 1. The number of piperidine rings is 1. The first-order valence-corrected chi connectivity index (χ1v) is 7.64. The first-order chi connectivity index (χ1) is 10.2. The highest BCUT2D eigenvalue weighted by Gasteiger charge is 2.61. The van der Waals surface area contributed by atoms with E-state index in [4.69, 9.17) is 4.74 Å². The summed E-state index contributed by atoms with van der Waals surface area (Å²) < 4.78 is 5.13. The molecule has 2 aromatic rings. The van der Waals surface area contributed by atoms with Crippen molar-refractivity contribution in [3.8, 4) is 0 Å². The molecular formula is C18H19NO2. The lowest BCUT2D eigenvalue weighted by atomic mass is 9.93. The van der Waals surface area contributed by atoms with Crippen LogP contribution in [-0.4, -0.2) is 30.7 Å². The molecule has 108 valence electrons. The molecule has 1 aliphatic carbocycles. The average molecular weight is 281 g/mol. The molecule has 0 bridgehead atoms. The SMILES string of the molecule is CCOC(=O)N1C[C@H]2C[C@@]2(c2ccc3ccccc3c2)C1. The number of benzene rings is 2. The van der Waals surface area contributed by atoms with Crippen molar-refractivity contribution in [1.82, 2.24) is 4.90 Å². The molecule has 0 aromatic heterocycles. The van der Waals surface area contributed by atoms with Crippen LogP contribution in [0.1, 0.15) is 18.9 Å². The van der Waals surface area contributed by atoms with Crippen LogP contribution in [0.5, 0.6) is 0 Å². The van der Waals surface area contributed by atoms with Gasteiger partial charge in [0.05, 0.1) is 6.61 Å². The van der Waals surface area contributed by atoms with Crippen LogP contribution in [0.2, 0.25) is 0 Å². The van der Waals surface area contributed by atoms with Crippen molar-refractivity contribution in [1.29, 1.82) is 0 Å². The van der Waals surface area contributed by atoms with E-state index in [0.29, 0.717) is 12.5 Å². The molecule has 0 N–H and O–H groups in total. The Morgan fingerprint density at radius 2 is 2.10 bits per heavy atom. The van der Waals surface area contributed by atoms with E-state index in [-0.39, 0.29) is 11.5 Å². The number of hydrogen-bond acceptors (Lipinski definition) is 2. The first kappa shape index (κ1) is 12.7. The maximum Gasteiger partial charge on any atom is 0.409 e. The van der Waals surface area contributed by atoms with Gasteiger partial charge in [0.1, 0.15) is 0 Å². The van der Waals surface area contributed by atoms with Crippen LogP contribution in [0.25, 0.3) is 10.8 Å². The minimum Gasteiger partial charge on any atom is -0.450 e. The van der Waals surface area contributed by atoms with Crippen molar-refractivity contribution in [2.75, 3.05) is 19.7 Å². The van der Waals surface area contributed by atoms with Gasteiger partial charge in [0, 0.05) is 18.5 Å². The topological polar surface area (TPSA) is 29.5 Å². The number of nitrogens with zero attached hydrogens (tertiary/aromatic N) is 1. The van der Waals surface area contributed by atoms with Crippen molar-refractivity contribution in [2.24, 2.45) is 5.92 Å². The molecule has 2 atom stereocenters. The fourth-order valence-corrected chi connectivity index (χ4v) is 3.78. The zero-order valence-corrected chi connectivity index (χ0v) is 12.2. The van der Waals surface area contributed by atoms with Crippen molar-refractivity contribution in [3.63, 3.8) is 0 Å². The lowest BCUT2D eigenvalue weighted by Crippen LogP contribution is -2.33. The lowest BCUT2D eigenvalue weighted by Gasteiger charge is -2.20. The zero-order chi connectivity index (χ0) is 14.4. The molecule has 1 saturated carbocycles. The van der Waals surface area contributed by atoms with Gasteiger partial charge >= 0.3 is 6.09 Å². The Balaban J connectivity index is 1.63. The number of fused-ring (bicyclic) bond motifs is 2. The van der Waals surface area contributed by atoms with Crippen LogP contribution in [0.3, 0.4) is 0 Å². The summed E-state index contributed by atoms with van der Waals surface area (Å²) in [6.07, 6.45) is 1.03. The molecule has 1 heterocycles. The fourth-order valence-electron chi connectivity index (χ4n) is 3.78. The maximum atomic E-state index is 11.9. The second-order valence-corrected chi connectivity index (χ2v) is 6.20. The Labute approximate surface area is 124 Å². The number of carbonyl (C=O) groups is 1. The largest absolute Gasteiger partial charge is 0.450 e. The quantitative estimate of drug-likeness (QED) is 0.842. The van der Waals surface area contributed by atoms with Crippen LogP contribution in [0, 0.1) is 5.92 Å².